The fourth-order valence-electron chi connectivity index (χ4n) is 4.84. The molecular formula is C29H54NO6+. The van der Waals surface area contributed by atoms with Crippen LogP contribution in [0.25, 0.3) is 0 Å². The zero-order valence-corrected chi connectivity index (χ0v) is 22.9. The number of carboxylic acid groups (broad SMARTS) is 3. The van der Waals surface area contributed by atoms with E-state index in [9.17, 15) is 14.4 Å². The van der Waals surface area contributed by atoms with E-state index in [0.29, 0.717) is 6.42 Å². The summed E-state index contributed by atoms with van der Waals surface area (Å²) in [6.07, 6.45) is 27.9. The molecule has 0 spiro atoms. The van der Waals surface area contributed by atoms with Gasteiger partial charge >= 0.3 is 17.9 Å². The van der Waals surface area contributed by atoms with Gasteiger partial charge in [0, 0.05) is 0 Å². The van der Waals surface area contributed by atoms with E-state index in [2.05, 4.69) is 19.1 Å². The third-order valence-electron chi connectivity index (χ3n) is 6.81. The first-order valence-corrected chi connectivity index (χ1v) is 14.5. The van der Waals surface area contributed by atoms with Crippen LogP contribution in [-0.4, -0.2) is 63.9 Å². The molecule has 0 bridgehead atoms. The molecule has 0 atom stereocenters. The van der Waals surface area contributed by atoms with Crippen molar-refractivity contribution in [2.45, 2.75) is 129 Å². The molecule has 0 aromatic heterocycles. The highest BCUT2D eigenvalue weighted by Gasteiger charge is 2.35. The number of carbonyl (C=O) groups is 3. The molecule has 0 aliphatic carbocycles. The summed E-state index contributed by atoms with van der Waals surface area (Å²) in [5, 5.41) is 27.4. The van der Waals surface area contributed by atoms with Crippen LogP contribution in [0.5, 0.6) is 0 Å². The summed E-state index contributed by atoms with van der Waals surface area (Å²) in [6.45, 7) is 1.08. The van der Waals surface area contributed by atoms with Gasteiger partial charge in [-0.15, -0.1) is 0 Å². The zero-order chi connectivity index (χ0) is 26.9. The molecule has 0 rings (SSSR count). The lowest BCUT2D eigenvalue weighted by Crippen LogP contribution is -2.57. The molecule has 0 heterocycles. The Morgan fingerprint density at radius 1 is 0.500 bits per heavy atom. The van der Waals surface area contributed by atoms with E-state index in [1.165, 1.54) is 96.3 Å². The molecule has 7 nitrogen and oxygen atoms in total. The largest absolute Gasteiger partial charge is 0.477 e. The van der Waals surface area contributed by atoms with Crippen molar-refractivity contribution in [3.63, 3.8) is 0 Å². The number of nitrogens with zero attached hydrogens (tertiary/aromatic N) is 1. The summed E-state index contributed by atoms with van der Waals surface area (Å²) in [5.41, 5.74) is 0. The van der Waals surface area contributed by atoms with Crippen molar-refractivity contribution in [3.05, 3.63) is 12.2 Å². The van der Waals surface area contributed by atoms with Crippen LogP contribution in [0.4, 0.5) is 0 Å². The minimum Gasteiger partial charge on any atom is -0.477 e. The molecule has 0 aliphatic heterocycles. The fourth-order valence-corrected chi connectivity index (χ4v) is 4.84. The second kappa shape index (κ2) is 23.5. The molecule has 0 aliphatic rings. The molecule has 0 aromatic rings. The maximum atomic E-state index is 11.2. The van der Waals surface area contributed by atoms with E-state index in [1.54, 1.807) is 0 Å². The number of quaternary nitrogens is 1. The van der Waals surface area contributed by atoms with E-state index in [-0.39, 0.29) is 6.54 Å². The number of hydrogen-bond donors (Lipinski definition) is 3. The average molecular weight is 513 g/mol. The number of carboxylic acids is 3. The fraction of sp³-hybridized carbons (Fsp3) is 0.828. The molecule has 0 unspecified atom stereocenters. The Morgan fingerprint density at radius 2 is 0.806 bits per heavy atom. The average Bonchev–Trinajstić information content (AvgIpc) is 2.78. The number of unbranched alkanes of at least 4 members (excludes halogenated alkanes) is 17. The van der Waals surface area contributed by atoms with Crippen LogP contribution in [-0.2, 0) is 14.4 Å². The summed E-state index contributed by atoms with van der Waals surface area (Å²) < 4.78 is -0.434. The molecular weight excluding hydrogens is 458 g/mol. The van der Waals surface area contributed by atoms with Gasteiger partial charge in [0.2, 0.25) is 0 Å². The predicted molar refractivity (Wildman–Crippen MR) is 145 cm³/mol. The first-order valence-electron chi connectivity index (χ1n) is 14.5. The Bertz CT molecular complexity index is 564. The molecule has 0 aromatic carbocycles. The minimum absolute atomic E-state index is 0.265. The highest BCUT2D eigenvalue weighted by atomic mass is 16.4. The van der Waals surface area contributed by atoms with Crippen molar-refractivity contribution in [2.75, 3.05) is 26.2 Å². The predicted octanol–water partition coefficient (Wildman–Crippen LogP) is 7.05. The summed E-state index contributed by atoms with van der Waals surface area (Å²) in [4.78, 5) is 33.6. The summed E-state index contributed by atoms with van der Waals surface area (Å²) in [5.74, 6) is -3.50. The topological polar surface area (TPSA) is 112 Å². The van der Waals surface area contributed by atoms with Crippen molar-refractivity contribution in [2.24, 2.45) is 0 Å². The van der Waals surface area contributed by atoms with Gasteiger partial charge in [-0.1, -0.05) is 103 Å². The van der Waals surface area contributed by atoms with Crippen molar-refractivity contribution in [3.8, 4) is 0 Å². The van der Waals surface area contributed by atoms with E-state index in [1.807, 2.05) is 0 Å². The second-order valence-corrected chi connectivity index (χ2v) is 10.4. The lowest BCUT2D eigenvalue weighted by atomic mass is 10.0. The highest BCUT2D eigenvalue weighted by molar-refractivity contribution is 5.73. The highest BCUT2D eigenvalue weighted by Crippen LogP contribution is 2.15. The normalized spacial score (nSPS) is 11.8. The first-order chi connectivity index (χ1) is 17.3. The Morgan fingerprint density at radius 3 is 1.14 bits per heavy atom. The van der Waals surface area contributed by atoms with Crippen LogP contribution < -0.4 is 0 Å². The minimum atomic E-state index is -1.17. The van der Waals surface area contributed by atoms with Crippen LogP contribution in [0, 0.1) is 0 Å². The molecule has 210 valence electrons. The molecule has 0 radical (unpaired) electrons. The van der Waals surface area contributed by atoms with Crippen molar-refractivity contribution in [1.29, 1.82) is 0 Å². The van der Waals surface area contributed by atoms with Crippen LogP contribution in [0.1, 0.15) is 129 Å². The number of hydrogen-bond acceptors (Lipinski definition) is 3. The molecule has 7 heteroatoms. The van der Waals surface area contributed by atoms with Crippen LogP contribution >= 0.6 is 0 Å². The van der Waals surface area contributed by atoms with Gasteiger partial charge < -0.3 is 15.3 Å². The molecule has 0 amide bonds. The van der Waals surface area contributed by atoms with E-state index in [4.69, 9.17) is 15.3 Å². The van der Waals surface area contributed by atoms with Crippen molar-refractivity contribution in [1.82, 2.24) is 0 Å². The van der Waals surface area contributed by atoms with Gasteiger partial charge in [-0.2, -0.15) is 0 Å². The van der Waals surface area contributed by atoms with Gasteiger partial charge in [-0.3, -0.25) is 4.48 Å². The van der Waals surface area contributed by atoms with Gasteiger partial charge in [0.05, 0.1) is 6.54 Å². The second-order valence-electron chi connectivity index (χ2n) is 10.4. The number of aliphatic carboxylic acids is 3. The maximum Gasteiger partial charge on any atom is 0.359 e. The third-order valence-corrected chi connectivity index (χ3v) is 6.81. The number of allylic oxidation sites excluding steroid dienone is 2. The monoisotopic (exact) mass is 512 g/mol. The van der Waals surface area contributed by atoms with Crippen LogP contribution in [0.3, 0.4) is 0 Å². The summed E-state index contributed by atoms with van der Waals surface area (Å²) in [7, 11) is 0. The SMILES string of the molecule is CCCCC/C=C/CCCCCCCCCCCCCCCC[N+](CC(=O)O)(CC(=O)O)CC(=O)O. The first kappa shape index (κ1) is 34.1. The molecule has 0 saturated carbocycles. The van der Waals surface area contributed by atoms with E-state index >= 15 is 0 Å². The Hall–Kier alpha value is -1.89. The quantitative estimate of drug-likeness (QED) is 0.0618. The number of rotatable bonds is 27. The van der Waals surface area contributed by atoms with E-state index in [0.717, 1.165) is 19.3 Å². The van der Waals surface area contributed by atoms with Gasteiger partial charge in [0.1, 0.15) is 0 Å². The molecule has 36 heavy (non-hydrogen) atoms. The Balaban J connectivity index is 3.66. The molecule has 3 N–H and O–H groups in total. The molecule has 0 saturated heterocycles. The van der Waals surface area contributed by atoms with E-state index < -0.39 is 42.0 Å². The van der Waals surface area contributed by atoms with Gasteiger partial charge in [-0.25, -0.2) is 14.4 Å². The van der Waals surface area contributed by atoms with Gasteiger partial charge in [-0.05, 0) is 38.5 Å². The maximum absolute atomic E-state index is 11.2. The van der Waals surface area contributed by atoms with Gasteiger partial charge in [0.15, 0.2) is 19.6 Å². The lowest BCUT2D eigenvalue weighted by Gasteiger charge is -2.34. The summed E-state index contributed by atoms with van der Waals surface area (Å²) >= 11 is 0. The smallest absolute Gasteiger partial charge is 0.359 e. The standard InChI is InChI=1S/C29H53NO6/c1-2-3-4-5-6-7-8-9-10-11-12-13-14-15-16-17-18-19-20-21-22-23-30(24-27(31)32,25-28(33)34)26-29(35)36/h6-7H,2-5,8-26H2,1H3,(H2-,31,32,33,34,35,36)/p+1/b7-6+. The zero-order valence-electron chi connectivity index (χ0n) is 22.9. The van der Waals surface area contributed by atoms with Crippen molar-refractivity contribution < 1.29 is 34.2 Å². The lowest BCUT2D eigenvalue weighted by molar-refractivity contribution is -0.907. The van der Waals surface area contributed by atoms with Crippen LogP contribution in [0.15, 0.2) is 12.2 Å². The Kier molecular flexibility index (Phi) is 22.3. The van der Waals surface area contributed by atoms with Gasteiger partial charge in [0.25, 0.3) is 0 Å². The van der Waals surface area contributed by atoms with Crippen LogP contribution in [0.2, 0.25) is 0 Å². The summed E-state index contributed by atoms with van der Waals surface area (Å²) in [6, 6.07) is 0. The molecule has 0 fully saturated rings. The third kappa shape index (κ3) is 22.6. The van der Waals surface area contributed by atoms with Crippen molar-refractivity contribution >= 4 is 17.9 Å². The Labute approximate surface area is 219 Å².